The van der Waals surface area contributed by atoms with Crippen molar-refractivity contribution in [2.45, 2.75) is 25.3 Å². The molecule has 29 heavy (non-hydrogen) atoms. The van der Waals surface area contributed by atoms with Crippen LogP contribution in [0.25, 0.3) is 0 Å². The van der Waals surface area contributed by atoms with Crippen molar-refractivity contribution in [3.05, 3.63) is 53.3 Å². The average Bonchev–Trinajstić information content (AvgIpc) is 3.37. The van der Waals surface area contributed by atoms with Gasteiger partial charge in [-0.15, -0.1) is 24.0 Å². The van der Waals surface area contributed by atoms with Gasteiger partial charge in [0.05, 0.1) is 12.7 Å². The maximum Gasteiger partial charge on any atom is 0.242 e. The largest absolute Gasteiger partial charge is 0.347 e. The smallest absolute Gasteiger partial charge is 0.242 e. The molecule has 0 spiro atoms. The number of hydrogen-bond donors (Lipinski definition) is 1. The number of rotatable bonds is 3. The van der Waals surface area contributed by atoms with E-state index in [-0.39, 0.29) is 36.4 Å². The Balaban J connectivity index is 0.00000240. The van der Waals surface area contributed by atoms with Gasteiger partial charge in [0.1, 0.15) is 0 Å². The van der Waals surface area contributed by atoms with Crippen molar-refractivity contribution in [1.82, 2.24) is 24.9 Å². The van der Waals surface area contributed by atoms with Crippen LogP contribution >= 0.6 is 24.0 Å². The van der Waals surface area contributed by atoms with E-state index in [1.165, 1.54) is 16.7 Å². The number of fused-ring (bicyclic) bond motifs is 1. The number of guanidine groups is 1. The SMILES string of the molecule is CN=C(NCC(=O)N1CCc2ccccc2C1)N1CCC(c2cnn(C)c2)C1.I. The van der Waals surface area contributed by atoms with E-state index >= 15 is 0 Å². The second kappa shape index (κ2) is 9.60. The molecular weight excluding hydrogens is 479 g/mol. The maximum absolute atomic E-state index is 12.7. The number of aryl methyl sites for hydroxylation is 1. The molecule has 156 valence electrons. The molecule has 0 bridgehead atoms. The zero-order chi connectivity index (χ0) is 19.5. The Hall–Kier alpha value is -2.10. The summed E-state index contributed by atoms with van der Waals surface area (Å²) in [7, 11) is 3.72. The fraction of sp³-hybridized carbons (Fsp3) is 0.476. The van der Waals surface area contributed by atoms with E-state index in [4.69, 9.17) is 0 Å². The summed E-state index contributed by atoms with van der Waals surface area (Å²) in [5, 5.41) is 7.55. The van der Waals surface area contributed by atoms with Crippen LogP contribution in [0.2, 0.25) is 0 Å². The summed E-state index contributed by atoms with van der Waals surface area (Å²) in [6, 6.07) is 8.38. The highest BCUT2D eigenvalue weighted by atomic mass is 127. The molecule has 2 aliphatic heterocycles. The highest BCUT2D eigenvalue weighted by Crippen LogP contribution is 2.26. The third-order valence-electron chi connectivity index (χ3n) is 5.78. The van der Waals surface area contributed by atoms with Gasteiger partial charge in [0.2, 0.25) is 5.91 Å². The van der Waals surface area contributed by atoms with E-state index in [9.17, 15) is 4.79 Å². The quantitative estimate of drug-likeness (QED) is 0.392. The molecular formula is C21H29IN6O. The average molecular weight is 508 g/mol. The van der Waals surface area contributed by atoms with Crippen LogP contribution in [0.3, 0.4) is 0 Å². The zero-order valence-corrected chi connectivity index (χ0v) is 19.4. The van der Waals surface area contributed by atoms with Crippen molar-refractivity contribution in [2.24, 2.45) is 12.0 Å². The lowest BCUT2D eigenvalue weighted by Crippen LogP contribution is -2.46. The molecule has 1 N–H and O–H groups in total. The number of nitrogens with one attached hydrogen (secondary N) is 1. The topological polar surface area (TPSA) is 65.8 Å². The van der Waals surface area contributed by atoms with Gasteiger partial charge in [-0.25, -0.2) is 0 Å². The van der Waals surface area contributed by atoms with Gasteiger partial charge in [-0.05, 0) is 29.5 Å². The van der Waals surface area contributed by atoms with Crippen LogP contribution in [0.4, 0.5) is 0 Å². The predicted molar refractivity (Wildman–Crippen MR) is 124 cm³/mol. The summed E-state index contributed by atoms with van der Waals surface area (Å²) in [5.74, 6) is 1.39. The molecule has 1 unspecified atom stereocenters. The minimum atomic E-state index is 0. The molecule has 1 atom stereocenters. The number of halogens is 1. The number of benzene rings is 1. The van der Waals surface area contributed by atoms with Crippen LogP contribution in [-0.4, -0.2) is 64.7 Å². The third kappa shape index (κ3) is 4.91. The van der Waals surface area contributed by atoms with Gasteiger partial charge in [-0.3, -0.25) is 14.5 Å². The predicted octanol–water partition coefficient (Wildman–Crippen LogP) is 1.99. The van der Waals surface area contributed by atoms with Crippen molar-refractivity contribution in [3.63, 3.8) is 0 Å². The number of carbonyl (C=O) groups is 1. The van der Waals surface area contributed by atoms with E-state index in [0.29, 0.717) is 12.5 Å². The lowest BCUT2D eigenvalue weighted by molar-refractivity contribution is -0.130. The number of carbonyl (C=O) groups excluding carboxylic acids is 1. The molecule has 8 heteroatoms. The number of amides is 1. The van der Waals surface area contributed by atoms with Crippen molar-refractivity contribution in [2.75, 3.05) is 33.2 Å². The van der Waals surface area contributed by atoms with Gasteiger partial charge in [-0.2, -0.15) is 5.10 Å². The van der Waals surface area contributed by atoms with E-state index in [1.54, 1.807) is 7.05 Å². The monoisotopic (exact) mass is 508 g/mol. The summed E-state index contributed by atoms with van der Waals surface area (Å²) < 4.78 is 1.85. The minimum Gasteiger partial charge on any atom is -0.347 e. The van der Waals surface area contributed by atoms with Crippen molar-refractivity contribution >= 4 is 35.8 Å². The van der Waals surface area contributed by atoms with Crippen LogP contribution in [0.5, 0.6) is 0 Å². The van der Waals surface area contributed by atoms with Gasteiger partial charge >= 0.3 is 0 Å². The molecule has 7 nitrogen and oxygen atoms in total. The second-order valence-electron chi connectivity index (χ2n) is 7.61. The summed E-state index contributed by atoms with van der Waals surface area (Å²) in [6.07, 6.45) is 6.03. The number of aromatic nitrogens is 2. The summed E-state index contributed by atoms with van der Waals surface area (Å²) >= 11 is 0. The molecule has 2 aromatic rings. The lowest BCUT2D eigenvalue weighted by Gasteiger charge is -2.29. The molecule has 1 aromatic heterocycles. The van der Waals surface area contributed by atoms with Gasteiger partial charge < -0.3 is 15.1 Å². The van der Waals surface area contributed by atoms with E-state index < -0.39 is 0 Å². The van der Waals surface area contributed by atoms with Crippen LogP contribution in [-0.2, 0) is 24.8 Å². The summed E-state index contributed by atoms with van der Waals surface area (Å²) in [4.78, 5) is 21.3. The number of likely N-dealkylation sites (tertiary alicyclic amines) is 1. The Kier molecular flexibility index (Phi) is 7.15. The molecule has 1 aromatic carbocycles. The molecule has 0 radical (unpaired) electrons. The molecule has 3 heterocycles. The fourth-order valence-electron chi connectivity index (χ4n) is 4.18. The number of hydrogen-bond acceptors (Lipinski definition) is 3. The van der Waals surface area contributed by atoms with Crippen molar-refractivity contribution < 1.29 is 4.79 Å². The molecule has 1 saturated heterocycles. The molecule has 0 aliphatic carbocycles. The first kappa shape index (κ1) is 21.6. The Morgan fingerprint density at radius 2 is 2.03 bits per heavy atom. The van der Waals surface area contributed by atoms with Gasteiger partial charge in [-0.1, -0.05) is 24.3 Å². The summed E-state index contributed by atoms with van der Waals surface area (Å²) in [6.45, 7) is 3.59. The van der Waals surface area contributed by atoms with Crippen molar-refractivity contribution in [1.29, 1.82) is 0 Å². The standard InChI is InChI=1S/C21H28N6O.HI/c1-22-21(27-10-8-18(15-27)19-11-24-25(2)13-19)23-12-20(28)26-9-7-16-5-3-4-6-17(16)14-26;/h3-6,11,13,18H,7-10,12,14-15H2,1-2H3,(H,22,23);1H. The first-order chi connectivity index (χ1) is 13.6. The van der Waals surface area contributed by atoms with Gasteiger partial charge in [0.15, 0.2) is 5.96 Å². The van der Waals surface area contributed by atoms with Crippen LogP contribution < -0.4 is 5.32 Å². The third-order valence-corrected chi connectivity index (χ3v) is 5.78. The Bertz CT molecular complexity index is 880. The highest BCUT2D eigenvalue weighted by Gasteiger charge is 2.27. The van der Waals surface area contributed by atoms with Gasteiger partial charge in [0, 0.05) is 52.4 Å². The Labute approximate surface area is 189 Å². The minimum absolute atomic E-state index is 0. The van der Waals surface area contributed by atoms with Gasteiger partial charge in [0.25, 0.3) is 0 Å². The first-order valence-electron chi connectivity index (χ1n) is 9.92. The first-order valence-corrected chi connectivity index (χ1v) is 9.92. The maximum atomic E-state index is 12.7. The Morgan fingerprint density at radius 3 is 2.76 bits per heavy atom. The number of aliphatic imine (C=N–C) groups is 1. The lowest BCUT2D eigenvalue weighted by atomic mass is 10.00. The zero-order valence-electron chi connectivity index (χ0n) is 17.0. The van der Waals surface area contributed by atoms with E-state index in [1.807, 2.05) is 28.9 Å². The van der Waals surface area contributed by atoms with Crippen LogP contribution in [0.1, 0.15) is 29.0 Å². The summed E-state index contributed by atoms with van der Waals surface area (Å²) in [5.41, 5.74) is 3.88. The van der Waals surface area contributed by atoms with Crippen LogP contribution in [0, 0.1) is 0 Å². The molecule has 0 saturated carbocycles. The van der Waals surface area contributed by atoms with E-state index in [2.05, 4.69) is 44.7 Å². The van der Waals surface area contributed by atoms with Crippen molar-refractivity contribution in [3.8, 4) is 0 Å². The highest BCUT2D eigenvalue weighted by molar-refractivity contribution is 14.0. The molecule has 4 rings (SSSR count). The molecule has 2 aliphatic rings. The molecule has 1 amide bonds. The second-order valence-corrected chi connectivity index (χ2v) is 7.61. The normalized spacial score (nSPS) is 19.0. The van der Waals surface area contributed by atoms with E-state index in [0.717, 1.165) is 38.4 Å². The molecule has 1 fully saturated rings. The number of nitrogens with zero attached hydrogens (tertiary/aromatic N) is 5. The Morgan fingerprint density at radius 1 is 1.24 bits per heavy atom. The fourth-order valence-corrected chi connectivity index (χ4v) is 4.18. The van der Waals surface area contributed by atoms with Crippen LogP contribution in [0.15, 0.2) is 41.7 Å².